The van der Waals surface area contributed by atoms with Gasteiger partial charge < -0.3 is 14.4 Å². The van der Waals surface area contributed by atoms with Crippen LogP contribution in [0.2, 0.25) is 5.02 Å². The third-order valence-electron chi connectivity index (χ3n) is 4.32. The molecular weight excluding hydrogens is 368 g/mol. The van der Waals surface area contributed by atoms with Crippen molar-refractivity contribution in [3.8, 4) is 11.5 Å². The van der Waals surface area contributed by atoms with Gasteiger partial charge in [-0.3, -0.25) is 4.79 Å². The van der Waals surface area contributed by atoms with Crippen LogP contribution >= 0.6 is 11.6 Å². The summed E-state index contributed by atoms with van der Waals surface area (Å²) in [5.41, 5.74) is 0. The molecule has 1 amide bonds. The van der Waals surface area contributed by atoms with Crippen LogP contribution in [0.4, 0.5) is 0 Å². The zero-order valence-corrected chi connectivity index (χ0v) is 16.4. The zero-order chi connectivity index (χ0) is 18.8. The second-order valence-corrected chi connectivity index (χ2v) is 8.35. The van der Waals surface area contributed by atoms with Crippen molar-refractivity contribution < 1.29 is 22.7 Å². The summed E-state index contributed by atoms with van der Waals surface area (Å²) in [6.45, 7) is 3.36. The number of benzene rings is 1. The van der Waals surface area contributed by atoms with E-state index >= 15 is 0 Å². The summed E-state index contributed by atoms with van der Waals surface area (Å²) in [5.74, 6) is 0.425. The van der Waals surface area contributed by atoms with Gasteiger partial charge in [0, 0.05) is 45.2 Å². The van der Waals surface area contributed by atoms with Gasteiger partial charge >= 0.3 is 0 Å². The Morgan fingerprint density at radius 2 is 1.92 bits per heavy atom. The van der Waals surface area contributed by atoms with Gasteiger partial charge in [0.15, 0.2) is 0 Å². The Morgan fingerprint density at radius 3 is 2.44 bits per heavy atom. The molecule has 1 unspecified atom stereocenters. The maximum absolute atomic E-state index is 13.0. The van der Waals surface area contributed by atoms with Gasteiger partial charge in [0.2, 0.25) is 15.9 Å². The molecule has 0 N–H and O–H groups in total. The second-order valence-electron chi connectivity index (χ2n) is 5.93. The number of halogens is 1. The zero-order valence-electron chi connectivity index (χ0n) is 14.8. The number of carbonyl (C=O) groups is 1. The van der Waals surface area contributed by atoms with Crippen LogP contribution in [0.25, 0.3) is 0 Å². The SMILES string of the molecule is CCN1CC(CN(C)S(=O)(=O)c2cc(OC)c(Cl)cc2OC)CC1=O. The molecule has 0 radical (unpaired) electrons. The molecule has 1 aliphatic heterocycles. The highest BCUT2D eigenvalue weighted by atomic mass is 35.5. The topological polar surface area (TPSA) is 76.2 Å². The van der Waals surface area contributed by atoms with E-state index in [0.717, 1.165) is 0 Å². The number of nitrogens with zero attached hydrogens (tertiary/aromatic N) is 2. The van der Waals surface area contributed by atoms with Gasteiger partial charge in [-0.25, -0.2) is 12.7 Å². The van der Waals surface area contributed by atoms with Gasteiger partial charge in [-0.15, -0.1) is 0 Å². The molecule has 1 aliphatic rings. The lowest BCUT2D eigenvalue weighted by Crippen LogP contribution is -2.33. The van der Waals surface area contributed by atoms with Crippen molar-refractivity contribution in [2.24, 2.45) is 5.92 Å². The lowest BCUT2D eigenvalue weighted by atomic mass is 10.1. The van der Waals surface area contributed by atoms with E-state index < -0.39 is 10.0 Å². The van der Waals surface area contributed by atoms with E-state index in [1.54, 1.807) is 4.90 Å². The first-order valence-corrected chi connectivity index (χ1v) is 9.72. The smallest absolute Gasteiger partial charge is 0.246 e. The molecule has 0 saturated carbocycles. The fourth-order valence-corrected chi connectivity index (χ4v) is 4.57. The monoisotopic (exact) mass is 390 g/mol. The summed E-state index contributed by atoms with van der Waals surface area (Å²) in [5, 5.41) is 0.265. The molecule has 9 heteroatoms. The van der Waals surface area contributed by atoms with Gasteiger partial charge in [-0.1, -0.05) is 11.6 Å². The van der Waals surface area contributed by atoms with E-state index in [-0.39, 0.29) is 39.8 Å². The number of methoxy groups -OCH3 is 2. The number of amides is 1. The number of ether oxygens (including phenoxy) is 2. The van der Waals surface area contributed by atoms with Crippen LogP contribution in [-0.2, 0) is 14.8 Å². The van der Waals surface area contributed by atoms with Gasteiger partial charge in [-0.05, 0) is 12.8 Å². The molecule has 25 heavy (non-hydrogen) atoms. The molecule has 1 aromatic rings. The Hall–Kier alpha value is -1.51. The first-order chi connectivity index (χ1) is 11.7. The average Bonchev–Trinajstić information content (AvgIpc) is 2.93. The number of carbonyl (C=O) groups excluding carboxylic acids is 1. The van der Waals surface area contributed by atoms with Crippen LogP contribution in [0, 0.1) is 5.92 Å². The van der Waals surface area contributed by atoms with Gasteiger partial charge in [-0.2, -0.15) is 0 Å². The number of likely N-dealkylation sites (tertiary alicyclic amines) is 1. The fourth-order valence-electron chi connectivity index (χ4n) is 2.95. The molecule has 0 spiro atoms. The molecule has 1 fully saturated rings. The highest BCUT2D eigenvalue weighted by molar-refractivity contribution is 7.89. The highest BCUT2D eigenvalue weighted by Gasteiger charge is 2.33. The third-order valence-corrected chi connectivity index (χ3v) is 6.46. The van der Waals surface area contributed by atoms with Crippen LogP contribution in [0.3, 0.4) is 0 Å². The molecule has 2 rings (SSSR count). The molecule has 0 aliphatic carbocycles. The summed E-state index contributed by atoms with van der Waals surface area (Å²) in [7, 11) is 0.469. The standard InChI is InChI=1S/C16H23ClN2O5S/c1-5-19-10-11(6-16(19)20)9-18(2)25(21,22)15-8-13(23-3)12(17)7-14(15)24-4/h7-8,11H,5-6,9-10H2,1-4H3. The quantitative estimate of drug-likeness (QED) is 0.710. The first-order valence-electron chi connectivity index (χ1n) is 7.90. The largest absolute Gasteiger partial charge is 0.495 e. The molecule has 1 saturated heterocycles. The maximum Gasteiger partial charge on any atom is 0.246 e. The lowest BCUT2D eigenvalue weighted by molar-refractivity contribution is -0.127. The Labute approximate surface area is 153 Å². The summed E-state index contributed by atoms with van der Waals surface area (Å²) in [6, 6.07) is 2.77. The van der Waals surface area contributed by atoms with Crippen LogP contribution in [-0.4, -0.2) is 64.4 Å². The van der Waals surface area contributed by atoms with Crippen LogP contribution in [0.1, 0.15) is 13.3 Å². The van der Waals surface area contributed by atoms with Crippen molar-refractivity contribution in [3.63, 3.8) is 0 Å². The van der Waals surface area contributed by atoms with Gasteiger partial charge in [0.05, 0.1) is 19.2 Å². The number of sulfonamides is 1. The predicted octanol–water partition coefficient (Wildman–Crippen LogP) is 1.85. The third kappa shape index (κ3) is 4.02. The minimum absolute atomic E-state index is 0.0181. The first kappa shape index (κ1) is 19.8. The Bertz CT molecular complexity index is 753. The van der Waals surface area contributed by atoms with Crippen molar-refractivity contribution in [1.82, 2.24) is 9.21 Å². The Morgan fingerprint density at radius 1 is 1.28 bits per heavy atom. The molecular formula is C16H23ClN2O5S. The summed E-state index contributed by atoms with van der Waals surface area (Å²) < 4.78 is 37.5. The lowest BCUT2D eigenvalue weighted by Gasteiger charge is -2.22. The molecule has 0 aromatic heterocycles. The Kier molecular flexibility index (Phi) is 6.18. The molecule has 1 aromatic carbocycles. The number of hydrogen-bond donors (Lipinski definition) is 0. The van der Waals surface area contributed by atoms with Crippen LogP contribution in [0.15, 0.2) is 17.0 Å². The van der Waals surface area contributed by atoms with Crippen molar-refractivity contribution in [2.75, 3.05) is 40.9 Å². The van der Waals surface area contributed by atoms with Crippen molar-refractivity contribution in [3.05, 3.63) is 17.2 Å². The van der Waals surface area contributed by atoms with E-state index in [1.807, 2.05) is 6.92 Å². The molecule has 1 atom stereocenters. The van der Waals surface area contributed by atoms with Crippen molar-refractivity contribution in [1.29, 1.82) is 0 Å². The van der Waals surface area contributed by atoms with Crippen molar-refractivity contribution in [2.45, 2.75) is 18.2 Å². The normalized spacial score (nSPS) is 18.1. The van der Waals surface area contributed by atoms with E-state index in [9.17, 15) is 13.2 Å². The van der Waals surface area contributed by atoms with Crippen LogP contribution in [0.5, 0.6) is 11.5 Å². The van der Waals surface area contributed by atoms with E-state index in [1.165, 1.54) is 37.7 Å². The van der Waals surface area contributed by atoms with Crippen LogP contribution < -0.4 is 9.47 Å². The maximum atomic E-state index is 13.0. The summed E-state index contributed by atoms with van der Waals surface area (Å²) >= 11 is 6.04. The number of hydrogen-bond acceptors (Lipinski definition) is 5. The van der Waals surface area contributed by atoms with E-state index in [0.29, 0.717) is 19.5 Å². The summed E-state index contributed by atoms with van der Waals surface area (Å²) in [4.78, 5) is 13.6. The fraction of sp³-hybridized carbons (Fsp3) is 0.562. The number of rotatable bonds is 7. The predicted molar refractivity (Wildman–Crippen MR) is 94.7 cm³/mol. The molecule has 7 nitrogen and oxygen atoms in total. The van der Waals surface area contributed by atoms with E-state index in [2.05, 4.69) is 0 Å². The minimum Gasteiger partial charge on any atom is -0.495 e. The Balaban J connectivity index is 2.27. The van der Waals surface area contributed by atoms with Gasteiger partial charge in [0.25, 0.3) is 0 Å². The molecule has 140 valence electrons. The highest BCUT2D eigenvalue weighted by Crippen LogP contribution is 2.36. The minimum atomic E-state index is -3.82. The average molecular weight is 391 g/mol. The second kappa shape index (κ2) is 7.80. The molecule has 1 heterocycles. The summed E-state index contributed by atoms with van der Waals surface area (Å²) in [6.07, 6.45) is 0.356. The van der Waals surface area contributed by atoms with Crippen molar-refractivity contribution >= 4 is 27.5 Å². The van der Waals surface area contributed by atoms with E-state index in [4.69, 9.17) is 21.1 Å². The molecule has 0 bridgehead atoms. The van der Waals surface area contributed by atoms with Gasteiger partial charge in [0.1, 0.15) is 16.4 Å².